The van der Waals surface area contributed by atoms with E-state index in [9.17, 15) is 15.0 Å². The predicted octanol–water partition coefficient (Wildman–Crippen LogP) is 1.79. The van der Waals surface area contributed by atoms with Crippen LogP contribution in [0.15, 0.2) is 24.3 Å². The number of benzene rings is 1. The summed E-state index contributed by atoms with van der Waals surface area (Å²) < 4.78 is 0. The van der Waals surface area contributed by atoms with E-state index in [-0.39, 0.29) is 12.1 Å². The Bertz CT molecular complexity index is 444. The van der Waals surface area contributed by atoms with Gasteiger partial charge in [0.15, 0.2) is 6.10 Å². The van der Waals surface area contributed by atoms with E-state index >= 15 is 0 Å². The molecule has 19 heavy (non-hydrogen) atoms. The lowest BCUT2D eigenvalue weighted by molar-refractivity contribution is -0.130. The SMILES string of the molecule is O=C(NC1CCC(O)CC1)[C@H](O)c1ccccc1Cl. The molecule has 0 aromatic heterocycles. The van der Waals surface area contributed by atoms with Crippen LogP contribution in [0.5, 0.6) is 0 Å². The van der Waals surface area contributed by atoms with Crippen LogP contribution in [0, 0.1) is 0 Å². The summed E-state index contributed by atoms with van der Waals surface area (Å²) in [5, 5.41) is 22.6. The molecule has 1 aliphatic carbocycles. The lowest BCUT2D eigenvalue weighted by atomic mass is 9.93. The minimum Gasteiger partial charge on any atom is -0.393 e. The van der Waals surface area contributed by atoms with E-state index in [1.165, 1.54) is 0 Å². The predicted molar refractivity (Wildman–Crippen MR) is 72.8 cm³/mol. The zero-order valence-corrected chi connectivity index (χ0v) is 11.3. The highest BCUT2D eigenvalue weighted by molar-refractivity contribution is 6.31. The van der Waals surface area contributed by atoms with Gasteiger partial charge in [-0.05, 0) is 31.7 Å². The summed E-state index contributed by atoms with van der Waals surface area (Å²) in [5.74, 6) is -0.436. The minimum atomic E-state index is -1.25. The van der Waals surface area contributed by atoms with Crippen LogP contribution < -0.4 is 5.32 Å². The zero-order valence-electron chi connectivity index (χ0n) is 10.6. The van der Waals surface area contributed by atoms with Gasteiger partial charge in [-0.3, -0.25) is 4.79 Å². The Balaban J connectivity index is 1.95. The van der Waals surface area contributed by atoms with E-state index in [1.54, 1.807) is 24.3 Å². The van der Waals surface area contributed by atoms with Crippen molar-refractivity contribution in [1.82, 2.24) is 5.32 Å². The molecule has 1 amide bonds. The summed E-state index contributed by atoms with van der Waals surface area (Å²) in [5.41, 5.74) is 0.414. The van der Waals surface area contributed by atoms with Crippen LogP contribution in [0.25, 0.3) is 0 Å². The van der Waals surface area contributed by atoms with Crippen molar-refractivity contribution in [2.24, 2.45) is 0 Å². The van der Waals surface area contributed by atoms with Gasteiger partial charge in [-0.15, -0.1) is 0 Å². The average Bonchev–Trinajstić information content (AvgIpc) is 2.41. The van der Waals surface area contributed by atoms with Gasteiger partial charge in [-0.2, -0.15) is 0 Å². The van der Waals surface area contributed by atoms with Crippen molar-refractivity contribution in [1.29, 1.82) is 0 Å². The summed E-state index contributed by atoms with van der Waals surface area (Å²) in [6.07, 6.45) is 1.34. The normalized spacial score (nSPS) is 24.8. The largest absolute Gasteiger partial charge is 0.393 e. The quantitative estimate of drug-likeness (QED) is 0.792. The first-order chi connectivity index (χ1) is 9.08. The van der Waals surface area contributed by atoms with Crippen LogP contribution in [0.4, 0.5) is 0 Å². The van der Waals surface area contributed by atoms with Gasteiger partial charge in [0.25, 0.3) is 5.91 Å². The highest BCUT2D eigenvalue weighted by Gasteiger charge is 2.25. The van der Waals surface area contributed by atoms with Crippen molar-refractivity contribution in [2.75, 3.05) is 0 Å². The monoisotopic (exact) mass is 283 g/mol. The molecule has 1 fully saturated rings. The van der Waals surface area contributed by atoms with Gasteiger partial charge in [0, 0.05) is 16.6 Å². The first-order valence-electron chi connectivity index (χ1n) is 6.49. The third kappa shape index (κ3) is 3.69. The Morgan fingerprint density at radius 1 is 1.26 bits per heavy atom. The van der Waals surface area contributed by atoms with Crippen molar-refractivity contribution in [2.45, 2.75) is 43.9 Å². The van der Waals surface area contributed by atoms with Crippen LogP contribution >= 0.6 is 11.6 Å². The summed E-state index contributed by atoms with van der Waals surface area (Å²) >= 11 is 5.95. The first kappa shape index (κ1) is 14.3. The Kier molecular flexibility index (Phi) is 4.80. The maximum Gasteiger partial charge on any atom is 0.253 e. The number of aliphatic hydroxyl groups is 2. The number of halogens is 1. The Morgan fingerprint density at radius 2 is 1.89 bits per heavy atom. The van der Waals surface area contributed by atoms with Gasteiger partial charge in [0.2, 0.25) is 0 Å². The van der Waals surface area contributed by atoms with Gasteiger partial charge in [0.1, 0.15) is 0 Å². The molecule has 5 heteroatoms. The summed E-state index contributed by atoms with van der Waals surface area (Å²) in [6.45, 7) is 0. The molecule has 0 aliphatic heterocycles. The zero-order chi connectivity index (χ0) is 13.8. The van der Waals surface area contributed by atoms with Crippen LogP contribution in [0.2, 0.25) is 5.02 Å². The Hall–Kier alpha value is -1.10. The maximum atomic E-state index is 12.0. The highest BCUT2D eigenvalue weighted by atomic mass is 35.5. The number of carbonyl (C=O) groups excluding carboxylic acids is 1. The standard InChI is InChI=1S/C14H18ClNO3/c15-12-4-2-1-3-11(12)13(18)14(19)16-9-5-7-10(17)8-6-9/h1-4,9-10,13,17-18H,5-8H2,(H,16,19)/t9?,10?,13-/m1/s1. The van der Waals surface area contributed by atoms with Crippen LogP contribution in [0.3, 0.4) is 0 Å². The van der Waals surface area contributed by atoms with E-state index < -0.39 is 12.0 Å². The van der Waals surface area contributed by atoms with Crippen molar-refractivity contribution in [3.8, 4) is 0 Å². The minimum absolute atomic E-state index is 0.0213. The fraction of sp³-hybridized carbons (Fsp3) is 0.500. The Morgan fingerprint density at radius 3 is 2.53 bits per heavy atom. The molecule has 0 unspecified atom stereocenters. The number of nitrogens with one attached hydrogen (secondary N) is 1. The molecule has 4 nitrogen and oxygen atoms in total. The summed E-state index contributed by atoms with van der Waals surface area (Å²) in [7, 11) is 0. The fourth-order valence-electron chi connectivity index (χ4n) is 2.34. The van der Waals surface area contributed by atoms with Crippen molar-refractivity contribution in [3.05, 3.63) is 34.9 Å². The molecule has 1 saturated carbocycles. The number of rotatable bonds is 3. The first-order valence-corrected chi connectivity index (χ1v) is 6.86. The molecule has 0 saturated heterocycles. The second-order valence-corrected chi connectivity index (χ2v) is 5.35. The van der Waals surface area contributed by atoms with Crippen molar-refractivity contribution < 1.29 is 15.0 Å². The highest BCUT2D eigenvalue weighted by Crippen LogP contribution is 2.24. The van der Waals surface area contributed by atoms with E-state index in [2.05, 4.69) is 5.32 Å². The smallest absolute Gasteiger partial charge is 0.253 e. The van der Waals surface area contributed by atoms with Gasteiger partial charge in [-0.25, -0.2) is 0 Å². The van der Waals surface area contributed by atoms with Gasteiger partial charge >= 0.3 is 0 Å². The maximum absolute atomic E-state index is 12.0. The molecule has 1 aromatic carbocycles. The average molecular weight is 284 g/mol. The third-order valence-corrected chi connectivity index (χ3v) is 3.84. The van der Waals surface area contributed by atoms with Crippen molar-refractivity contribution >= 4 is 17.5 Å². The van der Waals surface area contributed by atoms with E-state index in [0.29, 0.717) is 23.4 Å². The molecule has 3 N–H and O–H groups in total. The molecule has 0 bridgehead atoms. The van der Waals surface area contributed by atoms with Crippen LogP contribution in [-0.4, -0.2) is 28.3 Å². The summed E-state index contributed by atoms with van der Waals surface area (Å²) in [4.78, 5) is 12.0. The number of amides is 1. The third-order valence-electron chi connectivity index (χ3n) is 3.49. The molecule has 1 aromatic rings. The Labute approximate surface area is 117 Å². The van der Waals surface area contributed by atoms with Crippen LogP contribution in [0.1, 0.15) is 37.4 Å². The topological polar surface area (TPSA) is 69.6 Å². The second kappa shape index (κ2) is 6.37. The molecule has 1 aliphatic rings. The molecular formula is C14H18ClNO3. The fourth-order valence-corrected chi connectivity index (χ4v) is 2.58. The molecule has 1 atom stereocenters. The van der Waals surface area contributed by atoms with Gasteiger partial charge in [-0.1, -0.05) is 29.8 Å². The lowest BCUT2D eigenvalue weighted by Gasteiger charge is -2.27. The number of hydrogen-bond donors (Lipinski definition) is 3. The summed E-state index contributed by atoms with van der Waals surface area (Å²) in [6, 6.07) is 6.78. The van der Waals surface area contributed by atoms with Crippen LogP contribution in [-0.2, 0) is 4.79 Å². The number of hydrogen-bond acceptors (Lipinski definition) is 3. The van der Waals surface area contributed by atoms with Gasteiger partial charge in [0.05, 0.1) is 6.10 Å². The molecular weight excluding hydrogens is 266 g/mol. The van der Waals surface area contributed by atoms with E-state index in [0.717, 1.165) is 12.8 Å². The van der Waals surface area contributed by atoms with Crippen molar-refractivity contribution in [3.63, 3.8) is 0 Å². The van der Waals surface area contributed by atoms with E-state index in [4.69, 9.17) is 11.6 Å². The van der Waals surface area contributed by atoms with Gasteiger partial charge < -0.3 is 15.5 Å². The molecule has 2 rings (SSSR count). The molecule has 0 radical (unpaired) electrons. The number of aliphatic hydroxyl groups excluding tert-OH is 2. The second-order valence-electron chi connectivity index (χ2n) is 4.94. The van der Waals surface area contributed by atoms with E-state index in [1.807, 2.05) is 0 Å². The molecule has 0 heterocycles. The molecule has 104 valence electrons. The lowest BCUT2D eigenvalue weighted by Crippen LogP contribution is -2.41. The molecule has 0 spiro atoms. The number of carbonyl (C=O) groups is 1.